The van der Waals surface area contributed by atoms with Crippen molar-refractivity contribution in [2.24, 2.45) is 5.73 Å². The van der Waals surface area contributed by atoms with Gasteiger partial charge in [-0.25, -0.2) is 0 Å². The van der Waals surface area contributed by atoms with Crippen molar-refractivity contribution in [1.82, 2.24) is 0 Å². The van der Waals surface area contributed by atoms with Crippen molar-refractivity contribution < 1.29 is 9.53 Å². The van der Waals surface area contributed by atoms with Gasteiger partial charge in [-0.15, -0.1) is 0 Å². The van der Waals surface area contributed by atoms with E-state index in [1.54, 1.807) is 18.2 Å². The minimum absolute atomic E-state index is 0.0705. The van der Waals surface area contributed by atoms with Crippen molar-refractivity contribution in [3.8, 4) is 5.75 Å². The normalized spacial score (nSPS) is 9.76. The lowest BCUT2D eigenvalue weighted by Crippen LogP contribution is -2.15. The summed E-state index contributed by atoms with van der Waals surface area (Å²) in [5.41, 5.74) is 6.85. The van der Waals surface area contributed by atoms with Crippen LogP contribution in [0.5, 0.6) is 5.75 Å². The molecule has 0 spiro atoms. The standard InChI is InChI=1S/C11H14N2O2S2/c1-15-9-5-7(11(12)16)3-4-8(9)13-10(14)6-17-2/h3-5H,6H2,1-2H3,(H2,12,16)(H,13,14). The van der Waals surface area contributed by atoms with E-state index in [4.69, 9.17) is 22.7 Å². The number of hydrogen-bond acceptors (Lipinski definition) is 4. The van der Waals surface area contributed by atoms with Crippen molar-refractivity contribution in [3.05, 3.63) is 23.8 Å². The quantitative estimate of drug-likeness (QED) is 0.796. The number of rotatable bonds is 5. The predicted octanol–water partition coefficient (Wildman–Crippen LogP) is 1.63. The Hall–Kier alpha value is -1.27. The predicted molar refractivity (Wildman–Crippen MR) is 75.9 cm³/mol. The largest absolute Gasteiger partial charge is 0.495 e. The maximum atomic E-state index is 11.5. The van der Waals surface area contributed by atoms with Crippen LogP contribution in [0.15, 0.2) is 18.2 Å². The first-order valence-corrected chi connectivity index (χ1v) is 6.65. The number of amides is 1. The molecule has 0 aliphatic carbocycles. The summed E-state index contributed by atoms with van der Waals surface area (Å²) in [7, 11) is 1.53. The Kier molecular flexibility index (Phi) is 5.24. The van der Waals surface area contributed by atoms with Crippen LogP contribution in [0.25, 0.3) is 0 Å². The van der Waals surface area contributed by atoms with E-state index in [9.17, 15) is 4.79 Å². The second-order valence-electron chi connectivity index (χ2n) is 3.26. The summed E-state index contributed by atoms with van der Waals surface area (Å²) in [6.07, 6.45) is 1.87. The zero-order valence-corrected chi connectivity index (χ0v) is 11.3. The fraction of sp³-hybridized carbons (Fsp3) is 0.273. The summed E-state index contributed by atoms with van der Waals surface area (Å²) in [5, 5.41) is 2.76. The SMILES string of the molecule is COc1cc(C(N)=S)ccc1NC(=O)CSC. The molecule has 4 nitrogen and oxygen atoms in total. The van der Waals surface area contributed by atoms with E-state index >= 15 is 0 Å². The molecule has 1 aromatic carbocycles. The molecule has 3 N–H and O–H groups in total. The molecule has 0 saturated carbocycles. The Morgan fingerprint density at radius 3 is 2.82 bits per heavy atom. The summed E-state index contributed by atoms with van der Waals surface area (Å²) in [5.74, 6) is 0.879. The molecule has 0 atom stereocenters. The van der Waals surface area contributed by atoms with Gasteiger partial charge in [0.1, 0.15) is 10.7 Å². The van der Waals surface area contributed by atoms with E-state index in [2.05, 4.69) is 5.32 Å². The molecule has 92 valence electrons. The smallest absolute Gasteiger partial charge is 0.234 e. The Labute approximate surface area is 110 Å². The van der Waals surface area contributed by atoms with Crippen molar-refractivity contribution >= 4 is 40.6 Å². The number of hydrogen-bond donors (Lipinski definition) is 2. The molecular formula is C11H14N2O2S2. The number of nitrogens with one attached hydrogen (secondary N) is 1. The molecule has 0 aromatic heterocycles. The molecule has 0 aliphatic heterocycles. The highest BCUT2D eigenvalue weighted by molar-refractivity contribution is 7.99. The summed E-state index contributed by atoms with van der Waals surface area (Å²) in [4.78, 5) is 11.8. The van der Waals surface area contributed by atoms with Crippen LogP contribution in [0.2, 0.25) is 0 Å². The van der Waals surface area contributed by atoms with E-state index in [-0.39, 0.29) is 5.91 Å². The number of carbonyl (C=O) groups is 1. The third kappa shape index (κ3) is 3.90. The molecule has 1 amide bonds. The molecular weight excluding hydrogens is 256 g/mol. The van der Waals surface area contributed by atoms with Gasteiger partial charge >= 0.3 is 0 Å². The van der Waals surface area contributed by atoms with Crippen molar-refractivity contribution in [2.45, 2.75) is 0 Å². The first-order valence-electron chi connectivity index (χ1n) is 4.85. The van der Waals surface area contributed by atoms with Crippen LogP contribution >= 0.6 is 24.0 Å². The first kappa shape index (κ1) is 13.8. The van der Waals surface area contributed by atoms with Gasteiger partial charge in [0.05, 0.1) is 18.6 Å². The lowest BCUT2D eigenvalue weighted by atomic mass is 10.2. The van der Waals surface area contributed by atoms with Gasteiger partial charge in [0.15, 0.2) is 0 Å². The number of thiocarbonyl (C=S) groups is 1. The topological polar surface area (TPSA) is 64.3 Å². The fourth-order valence-electron chi connectivity index (χ4n) is 1.27. The summed E-state index contributed by atoms with van der Waals surface area (Å²) >= 11 is 6.33. The molecule has 0 unspecified atom stereocenters. The van der Waals surface area contributed by atoms with Crippen LogP contribution in [0.1, 0.15) is 5.56 Å². The molecule has 0 bridgehead atoms. The number of ether oxygens (including phenoxy) is 1. The molecule has 0 aliphatic rings. The second-order valence-corrected chi connectivity index (χ2v) is 4.57. The first-order chi connectivity index (χ1) is 8.08. The van der Waals surface area contributed by atoms with E-state index in [1.807, 2.05) is 6.26 Å². The average Bonchev–Trinajstić information content (AvgIpc) is 2.29. The summed E-state index contributed by atoms with van der Waals surface area (Å²) in [6.45, 7) is 0. The minimum Gasteiger partial charge on any atom is -0.495 e. The molecule has 1 rings (SSSR count). The number of thioether (sulfide) groups is 1. The maximum Gasteiger partial charge on any atom is 0.234 e. The van der Waals surface area contributed by atoms with Gasteiger partial charge in [-0.2, -0.15) is 11.8 Å². The fourth-order valence-corrected chi connectivity index (χ4v) is 1.73. The molecule has 1 aromatic rings. The van der Waals surface area contributed by atoms with Crippen LogP contribution in [-0.2, 0) is 4.79 Å². The Balaban J connectivity index is 2.92. The van der Waals surface area contributed by atoms with E-state index in [0.29, 0.717) is 27.7 Å². The lowest BCUT2D eigenvalue weighted by molar-refractivity contribution is -0.113. The zero-order chi connectivity index (χ0) is 12.8. The van der Waals surface area contributed by atoms with E-state index < -0.39 is 0 Å². The molecule has 17 heavy (non-hydrogen) atoms. The number of nitrogens with two attached hydrogens (primary N) is 1. The van der Waals surface area contributed by atoms with Gasteiger partial charge in [0, 0.05) is 5.56 Å². The van der Waals surface area contributed by atoms with Crippen LogP contribution in [0, 0.1) is 0 Å². The minimum atomic E-state index is -0.0705. The Morgan fingerprint density at radius 1 is 1.59 bits per heavy atom. The van der Waals surface area contributed by atoms with Gasteiger partial charge in [-0.1, -0.05) is 12.2 Å². The molecule has 0 saturated heterocycles. The highest BCUT2D eigenvalue weighted by Gasteiger charge is 2.08. The summed E-state index contributed by atoms with van der Waals surface area (Å²) in [6, 6.07) is 5.18. The van der Waals surface area contributed by atoms with Gasteiger partial charge < -0.3 is 15.8 Å². The van der Waals surface area contributed by atoms with E-state index in [1.165, 1.54) is 18.9 Å². The van der Waals surface area contributed by atoms with Crippen LogP contribution in [-0.4, -0.2) is 30.0 Å². The number of benzene rings is 1. The maximum absolute atomic E-state index is 11.5. The van der Waals surface area contributed by atoms with Gasteiger partial charge in [-0.05, 0) is 24.5 Å². The van der Waals surface area contributed by atoms with Gasteiger partial charge in [0.2, 0.25) is 5.91 Å². The number of methoxy groups -OCH3 is 1. The van der Waals surface area contributed by atoms with Crippen molar-refractivity contribution in [2.75, 3.05) is 24.4 Å². The second kappa shape index (κ2) is 6.46. The zero-order valence-electron chi connectivity index (χ0n) is 9.65. The third-order valence-electron chi connectivity index (χ3n) is 2.04. The molecule has 0 fully saturated rings. The Bertz CT molecular complexity index is 435. The van der Waals surface area contributed by atoms with Crippen molar-refractivity contribution in [1.29, 1.82) is 0 Å². The van der Waals surface area contributed by atoms with E-state index in [0.717, 1.165) is 0 Å². The molecule has 0 radical (unpaired) electrons. The molecule has 0 heterocycles. The average molecular weight is 270 g/mol. The Morgan fingerprint density at radius 2 is 2.29 bits per heavy atom. The number of anilines is 1. The highest BCUT2D eigenvalue weighted by atomic mass is 32.2. The van der Waals surface area contributed by atoms with Crippen LogP contribution < -0.4 is 15.8 Å². The van der Waals surface area contributed by atoms with Crippen LogP contribution in [0.4, 0.5) is 5.69 Å². The monoisotopic (exact) mass is 270 g/mol. The van der Waals surface area contributed by atoms with Gasteiger partial charge in [0.25, 0.3) is 0 Å². The van der Waals surface area contributed by atoms with Gasteiger partial charge in [-0.3, -0.25) is 4.79 Å². The van der Waals surface area contributed by atoms with Crippen LogP contribution in [0.3, 0.4) is 0 Å². The number of carbonyl (C=O) groups excluding carboxylic acids is 1. The highest BCUT2D eigenvalue weighted by Crippen LogP contribution is 2.25. The van der Waals surface area contributed by atoms with Crippen molar-refractivity contribution in [3.63, 3.8) is 0 Å². The lowest BCUT2D eigenvalue weighted by Gasteiger charge is -2.11. The molecule has 6 heteroatoms. The summed E-state index contributed by atoms with van der Waals surface area (Å²) < 4.78 is 5.18. The third-order valence-corrected chi connectivity index (χ3v) is 2.82.